The lowest BCUT2D eigenvalue weighted by Crippen LogP contribution is -2.25. The van der Waals surface area contributed by atoms with Crippen molar-refractivity contribution in [1.82, 2.24) is 0 Å². The van der Waals surface area contributed by atoms with Crippen molar-refractivity contribution in [2.75, 3.05) is 0 Å². The van der Waals surface area contributed by atoms with Crippen LogP contribution in [0.4, 0.5) is 0 Å². The Balaban J connectivity index is 0.000000980. The van der Waals surface area contributed by atoms with Crippen LogP contribution in [0.25, 0.3) is 0 Å². The van der Waals surface area contributed by atoms with Crippen LogP contribution in [0.1, 0.15) is 89.5 Å². The van der Waals surface area contributed by atoms with Crippen molar-refractivity contribution in [1.29, 1.82) is 0 Å². The standard InChI is InChI=1S/C24H34.2CH4/c1-3-15-5-17-9-21-13-23-11-19-7-16(4-2)8-20(19)12-24(23)14-22(21)10-18(17)6-15;;/h13-20H,3-12H2,1-2H3;2*1H4. The average molecular weight is 355 g/mol. The van der Waals surface area contributed by atoms with Crippen LogP contribution in [-0.4, -0.2) is 0 Å². The highest BCUT2D eigenvalue weighted by Gasteiger charge is 2.39. The summed E-state index contributed by atoms with van der Waals surface area (Å²) >= 11 is 0. The average Bonchev–Trinajstić information content (AvgIpc) is 3.17. The van der Waals surface area contributed by atoms with E-state index in [-0.39, 0.29) is 14.9 Å². The van der Waals surface area contributed by atoms with E-state index in [0.29, 0.717) is 0 Å². The van der Waals surface area contributed by atoms with Gasteiger partial charge in [-0.25, -0.2) is 0 Å². The predicted octanol–water partition coefficient (Wildman–Crippen LogP) is 7.26. The first-order chi connectivity index (χ1) is 11.7. The van der Waals surface area contributed by atoms with Gasteiger partial charge in [-0.05, 0) is 109 Å². The van der Waals surface area contributed by atoms with Crippen LogP contribution < -0.4 is 0 Å². The largest absolute Gasteiger partial charge is 0.0776 e. The first-order valence-electron chi connectivity index (χ1n) is 10.9. The van der Waals surface area contributed by atoms with Crippen LogP contribution in [0.5, 0.6) is 0 Å². The second-order valence-corrected chi connectivity index (χ2v) is 9.74. The van der Waals surface area contributed by atoms with Crippen LogP contribution in [0, 0.1) is 35.5 Å². The van der Waals surface area contributed by atoms with Crippen LogP contribution in [-0.2, 0) is 25.7 Å². The Morgan fingerprint density at radius 1 is 0.577 bits per heavy atom. The molecule has 0 nitrogen and oxygen atoms in total. The quantitative estimate of drug-likeness (QED) is 0.524. The molecule has 4 unspecified atom stereocenters. The maximum Gasteiger partial charge on any atom is -0.0245 e. The van der Waals surface area contributed by atoms with Gasteiger partial charge in [-0.2, -0.15) is 0 Å². The molecule has 0 saturated heterocycles. The summed E-state index contributed by atoms with van der Waals surface area (Å²) in [6.45, 7) is 4.80. The van der Waals surface area contributed by atoms with Crippen molar-refractivity contribution < 1.29 is 0 Å². The smallest absolute Gasteiger partial charge is 0.0245 e. The Bertz CT molecular complexity index is 525. The lowest BCUT2D eigenvalue weighted by Gasteiger charge is -2.33. The summed E-state index contributed by atoms with van der Waals surface area (Å²) in [6.07, 6.45) is 14.5. The Labute approximate surface area is 163 Å². The summed E-state index contributed by atoms with van der Waals surface area (Å²) in [6, 6.07) is 5.35. The van der Waals surface area contributed by atoms with Gasteiger partial charge < -0.3 is 0 Å². The minimum atomic E-state index is 0. The van der Waals surface area contributed by atoms with Gasteiger partial charge in [0.2, 0.25) is 0 Å². The molecule has 2 saturated carbocycles. The monoisotopic (exact) mass is 354 g/mol. The molecule has 4 aliphatic rings. The second kappa shape index (κ2) is 7.69. The lowest BCUT2D eigenvalue weighted by atomic mass is 9.72. The summed E-state index contributed by atoms with van der Waals surface area (Å²) in [5, 5.41) is 0. The van der Waals surface area contributed by atoms with Gasteiger partial charge in [0.05, 0.1) is 0 Å². The van der Waals surface area contributed by atoms with Gasteiger partial charge in [-0.1, -0.05) is 53.7 Å². The highest BCUT2D eigenvalue weighted by molar-refractivity contribution is 5.42. The third-order valence-corrected chi connectivity index (χ3v) is 8.48. The van der Waals surface area contributed by atoms with Crippen molar-refractivity contribution in [3.63, 3.8) is 0 Å². The third-order valence-electron chi connectivity index (χ3n) is 8.48. The minimum Gasteiger partial charge on any atom is -0.0776 e. The van der Waals surface area contributed by atoms with Crippen molar-refractivity contribution >= 4 is 0 Å². The summed E-state index contributed by atoms with van der Waals surface area (Å²) in [7, 11) is 0. The number of fused-ring (bicyclic) bond motifs is 4. The van der Waals surface area contributed by atoms with Crippen LogP contribution in [0.3, 0.4) is 0 Å². The zero-order chi connectivity index (χ0) is 16.3. The van der Waals surface area contributed by atoms with E-state index in [2.05, 4.69) is 26.0 Å². The Hall–Kier alpha value is -0.780. The molecule has 0 heteroatoms. The van der Waals surface area contributed by atoms with Crippen molar-refractivity contribution in [2.24, 2.45) is 35.5 Å². The molecule has 0 spiro atoms. The van der Waals surface area contributed by atoms with Gasteiger partial charge in [-0.15, -0.1) is 0 Å². The van der Waals surface area contributed by atoms with Gasteiger partial charge in [0.25, 0.3) is 0 Å². The van der Waals surface area contributed by atoms with Gasteiger partial charge >= 0.3 is 0 Å². The minimum absolute atomic E-state index is 0. The maximum absolute atomic E-state index is 2.68. The summed E-state index contributed by atoms with van der Waals surface area (Å²) < 4.78 is 0. The van der Waals surface area contributed by atoms with E-state index in [1.165, 1.54) is 64.2 Å². The molecule has 146 valence electrons. The van der Waals surface area contributed by atoms with Crippen molar-refractivity contribution in [3.8, 4) is 0 Å². The predicted molar refractivity (Wildman–Crippen MR) is 115 cm³/mol. The van der Waals surface area contributed by atoms with Gasteiger partial charge in [-0.3, -0.25) is 0 Å². The van der Waals surface area contributed by atoms with Gasteiger partial charge in [0.1, 0.15) is 0 Å². The molecule has 2 fully saturated rings. The molecule has 26 heavy (non-hydrogen) atoms. The molecule has 0 N–H and O–H groups in total. The fourth-order valence-electron chi connectivity index (χ4n) is 7.02. The van der Waals surface area contributed by atoms with Crippen LogP contribution in [0.15, 0.2) is 12.1 Å². The molecule has 4 atom stereocenters. The van der Waals surface area contributed by atoms with Crippen molar-refractivity contribution in [3.05, 3.63) is 34.4 Å². The molecule has 0 aliphatic heterocycles. The molecular weight excluding hydrogens is 312 g/mol. The van der Waals surface area contributed by atoms with Crippen molar-refractivity contribution in [2.45, 2.75) is 92.9 Å². The molecular formula is C26H42. The Morgan fingerprint density at radius 2 is 0.846 bits per heavy atom. The second-order valence-electron chi connectivity index (χ2n) is 9.74. The normalized spacial score (nSPS) is 36.8. The van der Waals surface area contributed by atoms with E-state index in [0.717, 1.165) is 35.5 Å². The number of hydrogen-bond acceptors (Lipinski definition) is 0. The van der Waals surface area contributed by atoms with E-state index >= 15 is 0 Å². The molecule has 0 amide bonds. The maximum atomic E-state index is 2.68. The lowest BCUT2D eigenvalue weighted by molar-refractivity contribution is 0.350. The fraction of sp³-hybridized carbons (Fsp3) is 0.769. The van der Waals surface area contributed by atoms with Gasteiger partial charge in [0.15, 0.2) is 0 Å². The zero-order valence-electron chi connectivity index (χ0n) is 15.7. The summed E-state index contributed by atoms with van der Waals surface area (Å²) in [5.41, 5.74) is 6.98. The topological polar surface area (TPSA) is 0 Å². The highest BCUT2D eigenvalue weighted by atomic mass is 14.4. The summed E-state index contributed by atoms with van der Waals surface area (Å²) in [4.78, 5) is 0. The number of benzene rings is 1. The van der Waals surface area contributed by atoms with Crippen LogP contribution in [0.2, 0.25) is 0 Å². The Morgan fingerprint density at radius 3 is 1.08 bits per heavy atom. The first-order valence-corrected chi connectivity index (χ1v) is 10.9. The number of rotatable bonds is 2. The molecule has 0 aromatic heterocycles. The van der Waals surface area contributed by atoms with E-state index in [1.54, 1.807) is 22.3 Å². The third kappa shape index (κ3) is 3.27. The summed E-state index contributed by atoms with van der Waals surface area (Å²) in [5.74, 6) is 6.07. The molecule has 0 bridgehead atoms. The highest BCUT2D eigenvalue weighted by Crippen LogP contribution is 2.48. The van der Waals surface area contributed by atoms with Crippen LogP contribution >= 0.6 is 0 Å². The molecule has 1 aromatic rings. The molecule has 1 aromatic carbocycles. The SMILES string of the molecule is C.C.CCC1CC2Cc3cc4c(cc3CC2C1)CC1CC(CC)CC1C4. The van der Waals surface area contributed by atoms with E-state index in [9.17, 15) is 0 Å². The fourth-order valence-corrected chi connectivity index (χ4v) is 7.02. The molecule has 0 radical (unpaired) electrons. The van der Waals surface area contributed by atoms with E-state index < -0.39 is 0 Å². The molecule has 4 aliphatic carbocycles. The zero-order valence-corrected chi connectivity index (χ0v) is 15.7. The molecule has 5 rings (SSSR count). The molecule has 0 heterocycles. The van der Waals surface area contributed by atoms with E-state index in [1.807, 2.05) is 0 Å². The van der Waals surface area contributed by atoms with E-state index in [4.69, 9.17) is 0 Å². The Kier molecular flexibility index (Phi) is 5.90. The first kappa shape index (κ1) is 20.0. The van der Waals surface area contributed by atoms with Gasteiger partial charge in [0, 0.05) is 0 Å². The number of hydrogen-bond donors (Lipinski definition) is 0.